The van der Waals surface area contributed by atoms with Crippen LogP contribution < -0.4 is 5.32 Å². The van der Waals surface area contributed by atoms with E-state index in [2.05, 4.69) is 10.3 Å². The largest absolute Gasteiger partial charge is 0.383 e. The molecule has 0 aliphatic carbocycles. The number of benzene rings is 2. The predicted octanol–water partition coefficient (Wildman–Crippen LogP) is 2.77. The molecular formula is C20H19N3O4S. The summed E-state index contributed by atoms with van der Waals surface area (Å²) < 4.78 is 32.1. The molecule has 28 heavy (non-hydrogen) atoms. The topological polar surface area (TPSA) is 91.5 Å². The summed E-state index contributed by atoms with van der Waals surface area (Å²) >= 11 is 0. The van der Waals surface area contributed by atoms with Crippen LogP contribution >= 0.6 is 0 Å². The van der Waals surface area contributed by atoms with Crippen molar-refractivity contribution >= 4 is 37.4 Å². The first-order valence-electron chi connectivity index (χ1n) is 8.72. The van der Waals surface area contributed by atoms with E-state index in [1.54, 1.807) is 36.4 Å². The minimum Gasteiger partial charge on any atom is -0.383 e. The monoisotopic (exact) mass is 397 g/mol. The van der Waals surface area contributed by atoms with Crippen molar-refractivity contribution in [3.05, 3.63) is 72.1 Å². The van der Waals surface area contributed by atoms with Gasteiger partial charge in [0.25, 0.3) is 15.9 Å². The van der Waals surface area contributed by atoms with E-state index in [9.17, 15) is 13.2 Å². The van der Waals surface area contributed by atoms with E-state index >= 15 is 0 Å². The zero-order valence-electron chi connectivity index (χ0n) is 15.2. The van der Waals surface area contributed by atoms with Crippen LogP contribution in [0.2, 0.25) is 0 Å². The van der Waals surface area contributed by atoms with Gasteiger partial charge in [-0.15, -0.1) is 0 Å². The molecule has 0 bridgehead atoms. The molecule has 3 aromatic rings. The summed E-state index contributed by atoms with van der Waals surface area (Å²) in [7, 11) is -2.53. The summed E-state index contributed by atoms with van der Waals surface area (Å²) in [6.07, 6.45) is 1.82. The quantitative estimate of drug-likeness (QED) is 0.667. The van der Waals surface area contributed by atoms with Crippen molar-refractivity contribution in [2.75, 3.05) is 25.6 Å². The summed E-state index contributed by atoms with van der Waals surface area (Å²) in [6, 6.07) is 16.1. The molecule has 2 N–H and O–H groups in total. The van der Waals surface area contributed by atoms with Gasteiger partial charge in [-0.3, -0.25) is 4.79 Å². The first-order valence-corrected chi connectivity index (χ1v) is 10.2. The second kappa shape index (κ2) is 7.14. The standard InChI is InChI=1S/C20H19N3O4S/c1-27-12-11-23-20(24)18(19(28(23,25)26)14-5-3-2-4-6-14)22-16-7-8-17-15(13-16)9-10-21-17/h2-10,13,21-22H,11-12H2,1H3. The first kappa shape index (κ1) is 18.3. The van der Waals surface area contributed by atoms with Crippen molar-refractivity contribution in [3.63, 3.8) is 0 Å². The minimum absolute atomic E-state index is 0.0247. The molecule has 2 aromatic carbocycles. The molecule has 1 aromatic heterocycles. The number of aromatic nitrogens is 1. The zero-order chi connectivity index (χ0) is 19.7. The highest BCUT2D eigenvalue weighted by molar-refractivity contribution is 7.99. The number of sulfonamides is 1. The zero-order valence-corrected chi connectivity index (χ0v) is 16.0. The maximum atomic E-state index is 13.1. The number of aromatic amines is 1. The number of amides is 1. The van der Waals surface area contributed by atoms with Crippen molar-refractivity contribution in [1.82, 2.24) is 9.29 Å². The number of fused-ring (bicyclic) bond motifs is 1. The maximum Gasteiger partial charge on any atom is 0.285 e. The fraction of sp³-hybridized carbons (Fsp3) is 0.150. The predicted molar refractivity (Wildman–Crippen MR) is 108 cm³/mol. The van der Waals surface area contributed by atoms with Crippen molar-refractivity contribution < 1.29 is 17.9 Å². The summed E-state index contributed by atoms with van der Waals surface area (Å²) in [5.74, 6) is -0.593. The fourth-order valence-electron chi connectivity index (χ4n) is 3.23. The van der Waals surface area contributed by atoms with Crippen LogP contribution in [0, 0.1) is 0 Å². The second-order valence-corrected chi connectivity index (χ2v) is 8.15. The van der Waals surface area contributed by atoms with E-state index in [0.717, 1.165) is 15.2 Å². The van der Waals surface area contributed by atoms with Crippen LogP contribution in [0.1, 0.15) is 5.56 Å². The third kappa shape index (κ3) is 3.06. The van der Waals surface area contributed by atoms with E-state index < -0.39 is 15.9 Å². The van der Waals surface area contributed by atoms with E-state index in [-0.39, 0.29) is 23.8 Å². The molecule has 0 saturated heterocycles. The van der Waals surface area contributed by atoms with Crippen LogP contribution in [0.4, 0.5) is 5.69 Å². The molecular weight excluding hydrogens is 378 g/mol. The van der Waals surface area contributed by atoms with Gasteiger partial charge >= 0.3 is 0 Å². The fourth-order valence-corrected chi connectivity index (χ4v) is 4.91. The van der Waals surface area contributed by atoms with E-state index in [1.807, 2.05) is 24.4 Å². The molecule has 0 atom stereocenters. The SMILES string of the molecule is COCCN1C(=O)C(Nc2ccc3[nH]ccc3c2)=C(c2ccccc2)S1(=O)=O. The van der Waals surface area contributed by atoms with Crippen LogP contribution in [0.25, 0.3) is 15.8 Å². The summed E-state index contributed by atoms with van der Waals surface area (Å²) in [6.45, 7) is 0.0751. The Morgan fingerprint density at radius 1 is 1.11 bits per heavy atom. The van der Waals surface area contributed by atoms with Crippen LogP contribution in [0.3, 0.4) is 0 Å². The van der Waals surface area contributed by atoms with Crippen molar-refractivity contribution in [2.24, 2.45) is 0 Å². The number of H-pyrrole nitrogens is 1. The van der Waals surface area contributed by atoms with Gasteiger partial charge in [-0.25, -0.2) is 12.7 Å². The lowest BCUT2D eigenvalue weighted by atomic mass is 10.1. The van der Waals surface area contributed by atoms with Gasteiger partial charge in [0.05, 0.1) is 13.2 Å². The van der Waals surface area contributed by atoms with Gasteiger partial charge in [0, 0.05) is 29.9 Å². The molecule has 8 heteroatoms. The number of ether oxygens (including phenoxy) is 1. The number of anilines is 1. The lowest BCUT2D eigenvalue weighted by molar-refractivity contribution is -0.122. The van der Waals surface area contributed by atoms with Crippen molar-refractivity contribution in [3.8, 4) is 0 Å². The Morgan fingerprint density at radius 2 is 1.89 bits per heavy atom. The third-order valence-electron chi connectivity index (χ3n) is 4.57. The van der Waals surface area contributed by atoms with Crippen LogP contribution in [-0.2, 0) is 19.6 Å². The van der Waals surface area contributed by atoms with Crippen LogP contribution in [0.5, 0.6) is 0 Å². The average Bonchev–Trinajstić information content (AvgIpc) is 3.22. The number of methoxy groups -OCH3 is 1. The Hall–Kier alpha value is -3.10. The Labute approximate surface area is 162 Å². The van der Waals surface area contributed by atoms with Gasteiger partial charge in [-0.05, 0) is 29.8 Å². The lowest BCUT2D eigenvalue weighted by Crippen LogP contribution is -2.35. The van der Waals surface area contributed by atoms with Gasteiger partial charge < -0.3 is 15.0 Å². The third-order valence-corrected chi connectivity index (χ3v) is 6.46. The van der Waals surface area contributed by atoms with Gasteiger partial charge in [-0.2, -0.15) is 0 Å². The first-order chi connectivity index (χ1) is 13.5. The van der Waals surface area contributed by atoms with E-state index in [4.69, 9.17) is 4.74 Å². The van der Waals surface area contributed by atoms with Gasteiger partial charge in [0.1, 0.15) is 10.6 Å². The Bertz CT molecular complexity index is 1170. The number of hydrogen-bond acceptors (Lipinski definition) is 5. The minimum atomic E-state index is -3.99. The molecule has 1 amide bonds. The van der Waals surface area contributed by atoms with Gasteiger partial charge in [0.15, 0.2) is 0 Å². The van der Waals surface area contributed by atoms with Crippen LogP contribution in [-0.4, -0.2) is 43.9 Å². The number of rotatable bonds is 6. The molecule has 0 saturated carbocycles. The van der Waals surface area contributed by atoms with Crippen molar-refractivity contribution in [1.29, 1.82) is 0 Å². The van der Waals surface area contributed by atoms with Gasteiger partial charge in [-0.1, -0.05) is 30.3 Å². The molecule has 0 spiro atoms. The smallest absolute Gasteiger partial charge is 0.285 e. The number of hydrogen-bond donors (Lipinski definition) is 2. The molecule has 0 radical (unpaired) electrons. The van der Waals surface area contributed by atoms with E-state index in [0.29, 0.717) is 11.3 Å². The molecule has 7 nitrogen and oxygen atoms in total. The van der Waals surface area contributed by atoms with Crippen molar-refractivity contribution in [2.45, 2.75) is 0 Å². The molecule has 2 heterocycles. The summed E-state index contributed by atoms with van der Waals surface area (Å²) in [5, 5.41) is 3.99. The Kier molecular flexibility index (Phi) is 4.66. The Morgan fingerprint density at radius 3 is 2.64 bits per heavy atom. The van der Waals surface area contributed by atoms with Gasteiger partial charge in [0.2, 0.25) is 0 Å². The molecule has 4 rings (SSSR count). The Balaban J connectivity index is 1.82. The maximum absolute atomic E-state index is 13.1. The number of nitrogens with zero attached hydrogens (tertiary/aromatic N) is 1. The summed E-state index contributed by atoms with van der Waals surface area (Å²) in [4.78, 5) is 16.1. The van der Waals surface area contributed by atoms with E-state index in [1.165, 1.54) is 7.11 Å². The highest BCUT2D eigenvalue weighted by Gasteiger charge is 2.44. The molecule has 144 valence electrons. The number of nitrogens with one attached hydrogen (secondary N) is 2. The second-order valence-electron chi connectivity index (χ2n) is 6.35. The number of carbonyl (C=O) groups excluding carboxylic acids is 1. The average molecular weight is 397 g/mol. The highest BCUT2D eigenvalue weighted by Crippen LogP contribution is 2.36. The number of carbonyl (C=O) groups is 1. The highest BCUT2D eigenvalue weighted by atomic mass is 32.2. The molecule has 1 aliphatic rings. The normalized spacial score (nSPS) is 16.2. The molecule has 0 unspecified atom stereocenters. The molecule has 1 aliphatic heterocycles. The van der Waals surface area contributed by atoms with Crippen LogP contribution in [0.15, 0.2) is 66.5 Å². The molecule has 0 fully saturated rings. The summed E-state index contributed by atoms with van der Waals surface area (Å²) in [5.41, 5.74) is 2.08. The lowest BCUT2D eigenvalue weighted by Gasteiger charge is -2.15.